The van der Waals surface area contributed by atoms with E-state index in [4.69, 9.17) is 0 Å². The smallest absolute Gasteiger partial charge is 0.328 e. The van der Waals surface area contributed by atoms with Crippen molar-refractivity contribution in [2.75, 3.05) is 0 Å². The van der Waals surface area contributed by atoms with E-state index in [1.54, 1.807) is 18.7 Å². The van der Waals surface area contributed by atoms with Crippen molar-refractivity contribution in [1.82, 2.24) is 19.1 Å². The predicted octanol–water partition coefficient (Wildman–Crippen LogP) is -1.04. The molecule has 2 aromatic rings. The summed E-state index contributed by atoms with van der Waals surface area (Å²) >= 11 is 0. The van der Waals surface area contributed by atoms with Crippen LogP contribution in [0.2, 0.25) is 0 Å². The van der Waals surface area contributed by atoms with Crippen LogP contribution in [0.4, 0.5) is 0 Å². The van der Waals surface area contributed by atoms with Gasteiger partial charge >= 0.3 is 5.69 Å². The number of aromatic nitrogens is 4. The molecule has 0 bridgehead atoms. The fraction of sp³-hybridized carbons (Fsp3) is 0.286. The van der Waals surface area contributed by atoms with E-state index in [0.717, 1.165) is 0 Å². The van der Waals surface area contributed by atoms with Gasteiger partial charge in [-0.25, -0.2) is 9.78 Å². The van der Waals surface area contributed by atoms with Crippen LogP contribution >= 0.6 is 0 Å². The van der Waals surface area contributed by atoms with Gasteiger partial charge in [0.05, 0.1) is 6.33 Å². The molecule has 0 aliphatic rings. The summed E-state index contributed by atoms with van der Waals surface area (Å²) in [6.07, 6.45) is 1.50. The van der Waals surface area contributed by atoms with Gasteiger partial charge in [-0.1, -0.05) is 0 Å². The van der Waals surface area contributed by atoms with E-state index in [1.807, 2.05) is 0 Å². The molecule has 0 unspecified atom stereocenters. The normalized spacial score (nSPS) is 10.1. The molecule has 0 saturated heterocycles. The summed E-state index contributed by atoms with van der Waals surface area (Å²) in [6.45, 7) is 0. The monoisotopic (exact) mass is 377 g/mol. The Balaban J connectivity index is 0.000000980. The van der Waals surface area contributed by atoms with Crippen LogP contribution in [0.15, 0.2) is 15.9 Å². The molecule has 0 saturated carbocycles. The number of imidazole rings is 1. The molecule has 0 aliphatic heterocycles. The zero-order valence-corrected chi connectivity index (χ0v) is 9.70. The van der Waals surface area contributed by atoms with Crippen LogP contribution < -0.4 is 11.2 Å². The number of hydrogen-bond donors (Lipinski definition) is 1. The van der Waals surface area contributed by atoms with Crippen molar-refractivity contribution in [2.24, 2.45) is 14.1 Å². The molecular weight excluding hydrogens is 369 g/mol. The van der Waals surface area contributed by atoms with Gasteiger partial charge in [0.2, 0.25) is 0 Å². The maximum absolute atomic E-state index is 11.3. The van der Waals surface area contributed by atoms with Gasteiger partial charge in [0, 0.05) is 36.5 Å². The number of nitrogens with zero attached hydrogens (tertiary/aromatic N) is 3. The quantitative estimate of drug-likeness (QED) is 0.597. The largest absolute Gasteiger partial charge is 0.329 e. The third-order valence-electron chi connectivity index (χ3n) is 1.98. The molecule has 2 aromatic heterocycles. The number of aromatic amines is 1. The van der Waals surface area contributed by atoms with Crippen molar-refractivity contribution >= 4 is 11.2 Å². The Morgan fingerprint density at radius 1 is 1.36 bits per heavy atom. The Kier molecular flexibility index (Phi) is 2.79. The fourth-order valence-electron chi connectivity index (χ4n) is 1.26. The summed E-state index contributed by atoms with van der Waals surface area (Å²) in [5.41, 5.74) is -0.0485. The van der Waals surface area contributed by atoms with Crippen LogP contribution in [-0.4, -0.2) is 19.1 Å². The molecule has 0 aromatic carbocycles. The van der Waals surface area contributed by atoms with Crippen molar-refractivity contribution in [3.63, 3.8) is 0 Å². The van der Waals surface area contributed by atoms with Crippen LogP contribution in [0.1, 0.15) is 0 Å². The maximum Gasteiger partial charge on any atom is 0.329 e. The molecule has 2 rings (SSSR count). The van der Waals surface area contributed by atoms with Crippen molar-refractivity contribution in [2.45, 2.75) is 0 Å². The average molecular weight is 377 g/mol. The van der Waals surface area contributed by atoms with Crippen LogP contribution in [0, 0.1) is 0 Å². The standard InChI is InChI=1S/C7H8N4O2.Au/c1-10-3-8-5-4(10)6(12)9-7(13)11(5)2;/h3H,1-2H3,(H,9,12,13);. The van der Waals surface area contributed by atoms with E-state index < -0.39 is 11.2 Å². The number of rotatable bonds is 0. The summed E-state index contributed by atoms with van der Waals surface area (Å²) < 4.78 is 2.88. The molecular formula is C7H8AuN4O2. The Morgan fingerprint density at radius 3 is 2.64 bits per heavy atom. The molecule has 2 heterocycles. The van der Waals surface area contributed by atoms with Crippen LogP contribution in [0.25, 0.3) is 11.2 Å². The topological polar surface area (TPSA) is 72.7 Å². The van der Waals surface area contributed by atoms with E-state index in [2.05, 4.69) is 9.97 Å². The van der Waals surface area contributed by atoms with E-state index in [-0.39, 0.29) is 22.4 Å². The Labute approximate surface area is 94.1 Å². The third-order valence-corrected chi connectivity index (χ3v) is 1.98. The van der Waals surface area contributed by atoms with Gasteiger partial charge in [-0.2, -0.15) is 0 Å². The number of H-pyrrole nitrogens is 1. The van der Waals surface area contributed by atoms with Crippen LogP contribution in [0.3, 0.4) is 0 Å². The first-order valence-corrected chi connectivity index (χ1v) is 3.71. The van der Waals surface area contributed by atoms with Gasteiger partial charge in [0.25, 0.3) is 5.56 Å². The van der Waals surface area contributed by atoms with Gasteiger partial charge in [-0.05, 0) is 0 Å². The predicted molar refractivity (Wildman–Crippen MR) is 46.6 cm³/mol. The van der Waals surface area contributed by atoms with E-state index in [0.29, 0.717) is 11.2 Å². The number of nitrogens with one attached hydrogen (secondary N) is 1. The number of aryl methyl sites for hydroxylation is 2. The zero-order valence-electron chi connectivity index (χ0n) is 7.54. The van der Waals surface area contributed by atoms with E-state index >= 15 is 0 Å². The minimum Gasteiger partial charge on any atom is -0.328 e. The molecule has 0 spiro atoms. The minimum atomic E-state index is -0.448. The van der Waals surface area contributed by atoms with Crippen molar-refractivity contribution in [3.05, 3.63) is 27.2 Å². The van der Waals surface area contributed by atoms with Crippen LogP contribution in [-0.2, 0) is 36.5 Å². The van der Waals surface area contributed by atoms with Gasteiger partial charge in [-0.15, -0.1) is 0 Å². The van der Waals surface area contributed by atoms with E-state index in [1.165, 1.54) is 10.9 Å². The molecule has 0 atom stereocenters. The van der Waals surface area contributed by atoms with Gasteiger partial charge in [0.15, 0.2) is 11.2 Å². The Hall–Kier alpha value is -1.11. The molecule has 1 N–H and O–H groups in total. The second kappa shape index (κ2) is 3.56. The van der Waals surface area contributed by atoms with E-state index in [9.17, 15) is 9.59 Å². The average Bonchev–Trinajstić information content (AvgIpc) is 2.44. The summed E-state index contributed by atoms with van der Waals surface area (Å²) in [6, 6.07) is 0. The summed E-state index contributed by atoms with van der Waals surface area (Å²) in [4.78, 5) is 28.6. The summed E-state index contributed by atoms with van der Waals surface area (Å²) in [7, 11) is 3.27. The maximum atomic E-state index is 11.3. The molecule has 14 heavy (non-hydrogen) atoms. The molecule has 0 aliphatic carbocycles. The SMILES string of the molecule is Cn1cnc2c1c(=O)[nH]c(=O)n2C.[Au]. The third kappa shape index (κ3) is 1.37. The van der Waals surface area contributed by atoms with Gasteiger partial charge in [0.1, 0.15) is 0 Å². The minimum absolute atomic E-state index is 0. The molecule has 7 heteroatoms. The molecule has 79 valence electrons. The molecule has 0 amide bonds. The number of hydrogen-bond acceptors (Lipinski definition) is 3. The Bertz CT molecular complexity index is 579. The Morgan fingerprint density at radius 2 is 2.00 bits per heavy atom. The first-order chi connectivity index (χ1) is 6.11. The fourth-order valence-corrected chi connectivity index (χ4v) is 1.26. The summed E-state index contributed by atoms with van der Waals surface area (Å²) in [5.74, 6) is 0. The van der Waals surface area contributed by atoms with Gasteiger partial charge < -0.3 is 4.57 Å². The summed E-state index contributed by atoms with van der Waals surface area (Å²) in [5, 5.41) is 0. The van der Waals surface area contributed by atoms with Crippen molar-refractivity contribution in [3.8, 4) is 0 Å². The number of fused-ring (bicyclic) bond motifs is 1. The zero-order chi connectivity index (χ0) is 9.59. The second-order valence-electron chi connectivity index (χ2n) is 2.85. The molecule has 0 fully saturated rings. The van der Waals surface area contributed by atoms with Crippen LogP contribution in [0.5, 0.6) is 0 Å². The molecule has 6 nitrogen and oxygen atoms in total. The van der Waals surface area contributed by atoms with Gasteiger partial charge in [-0.3, -0.25) is 14.3 Å². The van der Waals surface area contributed by atoms with Crippen molar-refractivity contribution < 1.29 is 22.4 Å². The first kappa shape index (κ1) is 11.0. The molecule has 1 radical (unpaired) electrons. The second-order valence-corrected chi connectivity index (χ2v) is 2.85. The first-order valence-electron chi connectivity index (χ1n) is 3.71. The van der Waals surface area contributed by atoms with Crippen molar-refractivity contribution in [1.29, 1.82) is 0 Å².